The van der Waals surface area contributed by atoms with Crippen LogP contribution in [0.4, 0.5) is 0 Å². The van der Waals surface area contributed by atoms with E-state index >= 15 is 0 Å². The molecule has 3 aromatic rings. The number of rotatable bonds is 4. The number of nitrogens with one attached hydrogen (secondary N) is 1. The van der Waals surface area contributed by atoms with E-state index in [4.69, 9.17) is 0 Å². The number of sulfone groups is 1. The first-order valence-corrected chi connectivity index (χ1v) is 12.9. The predicted octanol–water partition coefficient (Wildman–Crippen LogP) is 4.24. The Hall–Kier alpha value is -1.99. The second-order valence-electron chi connectivity index (χ2n) is 9.25. The molecule has 0 amide bonds. The summed E-state index contributed by atoms with van der Waals surface area (Å²) in [7, 11) is -3.08. The van der Waals surface area contributed by atoms with Crippen LogP contribution in [0, 0.1) is 5.92 Å². The average Bonchev–Trinajstić information content (AvgIpc) is 3.22. The minimum Gasteiger partial charge on any atom is -0.360 e. The number of pyridine rings is 2. The number of hydrogen-bond acceptors (Lipinski definition) is 5. The number of aromatic amines is 1. The molecule has 2 fully saturated rings. The number of H-pyrrole nitrogens is 1. The Morgan fingerprint density at radius 3 is 2.77 bits per heavy atom. The Bertz CT molecular complexity index is 1150. The molecule has 30 heavy (non-hydrogen) atoms. The van der Waals surface area contributed by atoms with Gasteiger partial charge in [-0.2, -0.15) is 0 Å². The number of aromatic nitrogens is 3. The van der Waals surface area contributed by atoms with Crippen molar-refractivity contribution in [2.75, 3.05) is 19.0 Å². The predicted molar refractivity (Wildman–Crippen MR) is 120 cm³/mol. The van der Waals surface area contributed by atoms with Crippen LogP contribution < -0.4 is 0 Å². The van der Waals surface area contributed by atoms with Gasteiger partial charge in [0, 0.05) is 29.7 Å². The molecule has 1 saturated heterocycles. The van der Waals surface area contributed by atoms with Crippen LogP contribution in [0.15, 0.2) is 30.7 Å². The molecule has 2 aliphatic rings. The molecular formula is C23H30N4O2S. The third-order valence-corrected chi connectivity index (χ3v) is 9.26. The van der Waals surface area contributed by atoms with E-state index in [1.807, 2.05) is 18.5 Å². The Morgan fingerprint density at radius 2 is 1.97 bits per heavy atom. The van der Waals surface area contributed by atoms with Crippen molar-refractivity contribution >= 4 is 31.8 Å². The van der Waals surface area contributed by atoms with Crippen LogP contribution in [0.25, 0.3) is 21.9 Å². The lowest BCUT2D eigenvalue weighted by Gasteiger charge is -2.34. The molecule has 6 nitrogen and oxygen atoms in total. The van der Waals surface area contributed by atoms with Crippen molar-refractivity contribution in [3.8, 4) is 0 Å². The van der Waals surface area contributed by atoms with Crippen molar-refractivity contribution in [3.63, 3.8) is 0 Å². The topological polar surface area (TPSA) is 79.0 Å². The van der Waals surface area contributed by atoms with Crippen molar-refractivity contribution in [1.82, 2.24) is 19.9 Å². The second kappa shape index (κ2) is 7.93. The molecule has 0 bridgehead atoms. The van der Waals surface area contributed by atoms with Gasteiger partial charge < -0.3 is 4.98 Å². The third kappa shape index (κ3) is 3.73. The van der Waals surface area contributed by atoms with Gasteiger partial charge in [-0.05, 0) is 74.6 Å². The molecule has 1 saturated carbocycles. The van der Waals surface area contributed by atoms with Gasteiger partial charge in [0.15, 0.2) is 15.5 Å². The van der Waals surface area contributed by atoms with Gasteiger partial charge in [0.2, 0.25) is 0 Å². The quantitative estimate of drug-likeness (QED) is 0.675. The zero-order valence-corrected chi connectivity index (χ0v) is 18.4. The summed E-state index contributed by atoms with van der Waals surface area (Å²) in [6, 6.07) is 4.18. The van der Waals surface area contributed by atoms with Crippen molar-refractivity contribution in [1.29, 1.82) is 0 Å². The molecule has 1 unspecified atom stereocenters. The summed E-state index contributed by atoms with van der Waals surface area (Å²) in [6.07, 6.45) is 11.3. The highest BCUT2D eigenvalue weighted by molar-refractivity contribution is 7.91. The summed E-state index contributed by atoms with van der Waals surface area (Å²) in [5.41, 5.74) is 3.09. The molecule has 1 N–H and O–H groups in total. The maximum Gasteiger partial charge on any atom is 0.166 e. The lowest BCUT2D eigenvalue weighted by molar-refractivity contribution is 0.208. The van der Waals surface area contributed by atoms with E-state index in [0.717, 1.165) is 61.7 Å². The van der Waals surface area contributed by atoms with Crippen LogP contribution in [0.1, 0.15) is 56.9 Å². The number of piperidine rings is 1. The molecule has 3 aromatic heterocycles. The fourth-order valence-corrected chi connectivity index (χ4v) is 7.47. The lowest BCUT2D eigenvalue weighted by atomic mass is 9.82. The Labute approximate surface area is 178 Å². The number of hydrogen-bond donors (Lipinski definition) is 1. The molecule has 0 radical (unpaired) electrons. The summed E-state index contributed by atoms with van der Waals surface area (Å²) < 4.78 is 26.2. The Morgan fingerprint density at radius 1 is 1.13 bits per heavy atom. The summed E-state index contributed by atoms with van der Waals surface area (Å²) in [6.45, 7) is 4.06. The molecule has 5 rings (SSSR count). The smallest absolute Gasteiger partial charge is 0.166 e. The summed E-state index contributed by atoms with van der Waals surface area (Å²) >= 11 is 0. The van der Waals surface area contributed by atoms with E-state index in [2.05, 4.69) is 32.8 Å². The first-order chi connectivity index (χ1) is 14.5. The van der Waals surface area contributed by atoms with Gasteiger partial charge in [0.05, 0.1) is 17.0 Å². The van der Waals surface area contributed by atoms with Gasteiger partial charge in [-0.15, -0.1) is 0 Å². The lowest BCUT2D eigenvalue weighted by Crippen LogP contribution is -2.41. The molecule has 1 atom stereocenters. The van der Waals surface area contributed by atoms with E-state index in [1.165, 1.54) is 17.4 Å². The molecule has 0 aromatic carbocycles. The maximum atomic E-state index is 13.1. The molecule has 1 aliphatic carbocycles. The molecule has 160 valence electrons. The highest BCUT2D eigenvalue weighted by Crippen LogP contribution is 2.39. The molecular weight excluding hydrogens is 396 g/mol. The minimum absolute atomic E-state index is 0.199. The summed E-state index contributed by atoms with van der Waals surface area (Å²) in [4.78, 5) is 14.2. The number of likely N-dealkylation sites (tertiary alicyclic amines) is 1. The summed E-state index contributed by atoms with van der Waals surface area (Å²) in [5.74, 6) is 1.22. The van der Waals surface area contributed by atoms with E-state index in [-0.39, 0.29) is 11.1 Å². The monoisotopic (exact) mass is 426 g/mol. The van der Waals surface area contributed by atoms with Crippen LogP contribution in [0.5, 0.6) is 0 Å². The van der Waals surface area contributed by atoms with E-state index < -0.39 is 9.84 Å². The zero-order chi connectivity index (χ0) is 20.7. The largest absolute Gasteiger partial charge is 0.360 e. The normalized spacial score (nSPS) is 26.4. The molecule has 1 aliphatic heterocycles. The van der Waals surface area contributed by atoms with Crippen LogP contribution in [-0.4, -0.2) is 52.5 Å². The van der Waals surface area contributed by atoms with Crippen molar-refractivity contribution < 1.29 is 8.42 Å². The molecule has 0 spiro atoms. The fourth-order valence-electron chi connectivity index (χ4n) is 5.52. The van der Waals surface area contributed by atoms with Gasteiger partial charge >= 0.3 is 0 Å². The van der Waals surface area contributed by atoms with E-state index in [9.17, 15) is 8.42 Å². The van der Waals surface area contributed by atoms with Crippen LogP contribution in [-0.2, 0) is 9.84 Å². The molecule has 7 heteroatoms. The second-order valence-corrected chi connectivity index (χ2v) is 11.5. The highest BCUT2D eigenvalue weighted by atomic mass is 32.2. The van der Waals surface area contributed by atoms with Gasteiger partial charge in [-0.3, -0.25) is 4.90 Å². The average molecular weight is 427 g/mol. The van der Waals surface area contributed by atoms with Gasteiger partial charge in [-0.1, -0.05) is 6.92 Å². The van der Waals surface area contributed by atoms with E-state index in [1.54, 1.807) is 6.20 Å². The number of fused-ring (bicyclic) bond motifs is 3. The van der Waals surface area contributed by atoms with Crippen LogP contribution in [0.3, 0.4) is 0 Å². The van der Waals surface area contributed by atoms with E-state index in [0.29, 0.717) is 11.8 Å². The number of nitrogens with zero attached hydrogens (tertiary/aromatic N) is 3. The standard InChI is InChI=1S/C23H30N4O2S/c1-16-3-2-12-27(14-16)15-30(28,29)18-6-4-17(5-7-18)19-8-10-24-21-13-26-23-20(22(19)21)9-11-25-23/h8-11,13,16-18,24H,2-7,12,14-15H2,1H3. The Balaban J connectivity index is 1.33. The van der Waals surface area contributed by atoms with Crippen molar-refractivity contribution in [2.24, 2.45) is 5.92 Å². The van der Waals surface area contributed by atoms with Crippen molar-refractivity contribution in [3.05, 3.63) is 36.3 Å². The van der Waals surface area contributed by atoms with Gasteiger partial charge in [0.1, 0.15) is 5.88 Å². The summed E-state index contributed by atoms with van der Waals surface area (Å²) in [5, 5.41) is 2.07. The Kier molecular flexibility index (Phi) is 5.27. The maximum absolute atomic E-state index is 13.1. The van der Waals surface area contributed by atoms with Crippen molar-refractivity contribution in [2.45, 2.75) is 56.6 Å². The fraction of sp³-hybridized carbons (Fsp3) is 0.565. The minimum atomic E-state index is -3.08. The van der Waals surface area contributed by atoms with Gasteiger partial charge in [-0.25, -0.2) is 18.4 Å². The first kappa shape index (κ1) is 19.9. The van der Waals surface area contributed by atoms with Crippen LogP contribution >= 0.6 is 0 Å². The van der Waals surface area contributed by atoms with Gasteiger partial charge in [0.25, 0.3) is 0 Å². The van der Waals surface area contributed by atoms with Crippen LogP contribution in [0.2, 0.25) is 0 Å². The molecule has 4 heterocycles. The highest BCUT2D eigenvalue weighted by Gasteiger charge is 2.34. The third-order valence-electron chi connectivity index (χ3n) is 7.05. The SMILES string of the molecule is CC1CCCN(CS(=O)(=O)C2CCC(c3cc[nH]c4cnc5nccc5c34)CC2)C1. The zero-order valence-electron chi connectivity index (χ0n) is 17.5. The first-order valence-electron chi connectivity index (χ1n) is 11.2.